The predicted molar refractivity (Wildman–Crippen MR) is 311 cm³/mol. The summed E-state index contributed by atoms with van der Waals surface area (Å²) < 4.78 is 16.6. The molecular weight excluding hydrogens is 889 g/mol. The van der Waals surface area contributed by atoms with Crippen LogP contribution in [0, 0.1) is 0 Å². The van der Waals surface area contributed by atoms with Crippen LogP contribution < -0.4 is 0 Å². The summed E-state index contributed by atoms with van der Waals surface area (Å²) in [5.74, 6) is -0.982. The minimum atomic E-state index is -0.806. The van der Waals surface area contributed by atoms with Crippen molar-refractivity contribution in [2.75, 3.05) is 13.2 Å². The van der Waals surface area contributed by atoms with Crippen molar-refractivity contribution in [2.24, 2.45) is 0 Å². The molecule has 0 aromatic rings. The molecule has 1 atom stereocenters. The van der Waals surface area contributed by atoms with E-state index >= 15 is 0 Å². The number of allylic oxidation sites excluding steroid dienone is 26. The van der Waals surface area contributed by atoms with Crippen LogP contribution in [0.1, 0.15) is 220 Å². The number of hydrogen-bond donors (Lipinski definition) is 0. The Morgan fingerprint density at radius 3 is 0.861 bits per heavy atom. The van der Waals surface area contributed by atoms with Gasteiger partial charge in [-0.15, -0.1) is 0 Å². The van der Waals surface area contributed by atoms with Gasteiger partial charge in [-0.2, -0.15) is 0 Å². The van der Waals surface area contributed by atoms with E-state index in [0.717, 1.165) is 161 Å². The van der Waals surface area contributed by atoms with Gasteiger partial charge in [0.2, 0.25) is 0 Å². The maximum atomic E-state index is 12.7. The fraction of sp³-hybridized carbons (Fsp3) is 0.561. The lowest BCUT2D eigenvalue weighted by Gasteiger charge is -2.18. The van der Waals surface area contributed by atoms with Crippen LogP contribution in [0.4, 0.5) is 0 Å². The first-order valence-corrected chi connectivity index (χ1v) is 28.5. The molecule has 0 aromatic carbocycles. The Balaban J connectivity index is 4.18. The molecule has 1 unspecified atom stereocenters. The lowest BCUT2D eigenvalue weighted by molar-refractivity contribution is -0.167. The molecule has 0 aliphatic heterocycles. The van der Waals surface area contributed by atoms with Crippen LogP contribution in [-0.2, 0) is 28.6 Å². The number of carbonyl (C=O) groups is 3. The number of carbonyl (C=O) groups excluding carboxylic acids is 3. The molecule has 72 heavy (non-hydrogen) atoms. The first-order chi connectivity index (χ1) is 35.5. The summed E-state index contributed by atoms with van der Waals surface area (Å²) in [6.45, 7) is 6.27. The molecule has 0 rings (SSSR count). The van der Waals surface area contributed by atoms with Crippen LogP contribution in [0.2, 0.25) is 0 Å². The van der Waals surface area contributed by atoms with Gasteiger partial charge in [-0.25, -0.2) is 0 Å². The van der Waals surface area contributed by atoms with Crippen LogP contribution in [-0.4, -0.2) is 37.2 Å². The van der Waals surface area contributed by atoms with Crippen molar-refractivity contribution in [2.45, 2.75) is 226 Å². The topological polar surface area (TPSA) is 78.9 Å². The van der Waals surface area contributed by atoms with Gasteiger partial charge >= 0.3 is 17.9 Å². The van der Waals surface area contributed by atoms with Crippen molar-refractivity contribution in [3.8, 4) is 0 Å². The van der Waals surface area contributed by atoms with Crippen LogP contribution in [0.25, 0.3) is 0 Å². The molecule has 0 saturated heterocycles. The highest BCUT2D eigenvalue weighted by Crippen LogP contribution is 2.12. The second-order valence-corrected chi connectivity index (χ2v) is 18.1. The van der Waals surface area contributed by atoms with Gasteiger partial charge in [-0.1, -0.05) is 230 Å². The Hall–Kier alpha value is -4.97. The van der Waals surface area contributed by atoms with Gasteiger partial charge in [0.15, 0.2) is 6.10 Å². The molecule has 0 aliphatic carbocycles. The van der Waals surface area contributed by atoms with E-state index in [1.807, 2.05) is 0 Å². The number of ether oxygens (including phenoxy) is 3. The Morgan fingerprint density at radius 1 is 0.292 bits per heavy atom. The van der Waals surface area contributed by atoms with Gasteiger partial charge in [-0.05, 0) is 128 Å². The third-order valence-corrected chi connectivity index (χ3v) is 11.3. The molecule has 0 aromatic heterocycles. The quantitative estimate of drug-likeness (QED) is 0.0262. The average Bonchev–Trinajstić information content (AvgIpc) is 3.38. The molecule has 6 nitrogen and oxygen atoms in total. The standard InChI is InChI=1S/C66H102O6/c1-4-7-10-13-16-18-20-22-23-24-25-26-27-28-29-30-31-32-33-34-35-36-37-38-39-40-41-42-43-45-46-48-50-53-56-59-65(68)71-62-63(61-70-64(67)58-55-52-15-12-9-6-3)72-66(69)60-57-54-51-49-47-44-21-19-17-14-11-8-5-2/h7-8,10-11,16-19,22-23,25-26,28-29,31-32,34-35,37-38,40-41,43-45,47,63H,4-6,9,12-15,20-21,24,27,30,33,36,39,42,46,48-62H2,1-3H3/b10-7-,11-8-,18-16-,19-17-,23-22-,26-25-,29-28-,32-31-,35-34-,38-37-,41-40-,45-43-,47-44-. The lowest BCUT2D eigenvalue weighted by Crippen LogP contribution is -2.30. The first-order valence-electron chi connectivity index (χ1n) is 28.5. The Kier molecular flexibility index (Phi) is 54.6. The molecule has 0 heterocycles. The van der Waals surface area contributed by atoms with Crippen LogP contribution in [0.15, 0.2) is 158 Å². The van der Waals surface area contributed by atoms with E-state index < -0.39 is 6.10 Å². The zero-order valence-corrected chi connectivity index (χ0v) is 45.9. The summed E-state index contributed by atoms with van der Waals surface area (Å²) in [7, 11) is 0. The molecule has 0 fully saturated rings. The minimum Gasteiger partial charge on any atom is -0.462 e. The maximum Gasteiger partial charge on any atom is 0.306 e. The number of hydrogen-bond acceptors (Lipinski definition) is 6. The summed E-state index contributed by atoms with van der Waals surface area (Å²) in [5.41, 5.74) is 0. The van der Waals surface area contributed by atoms with Crippen molar-refractivity contribution in [1.29, 1.82) is 0 Å². The predicted octanol–water partition coefficient (Wildman–Crippen LogP) is 19.4. The average molecular weight is 992 g/mol. The molecule has 402 valence electrons. The third kappa shape index (κ3) is 56.0. The van der Waals surface area contributed by atoms with E-state index in [1.165, 1.54) is 19.3 Å². The monoisotopic (exact) mass is 991 g/mol. The van der Waals surface area contributed by atoms with Crippen molar-refractivity contribution in [3.05, 3.63) is 158 Å². The molecule has 0 saturated carbocycles. The number of rotatable bonds is 49. The molecule has 0 aliphatic rings. The largest absolute Gasteiger partial charge is 0.462 e. The fourth-order valence-corrected chi connectivity index (χ4v) is 7.07. The van der Waals surface area contributed by atoms with Gasteiger partial charge in [0, 0.05) is 19.3 Å². The summed E-state index contributed by atoms with van der Waals surface area (Å²) in [6.07, 6.45) is 85.6. The molecule has 0 bridgehead atoms. The minimum absolute atomic E-state index is 0.104. The van der Waals surface area contributed by atoms with E-state index in [2.05, 4.69) is 179 Å². The van der Waals surface area contributed by atoms with Crippen LogP contribution in [0.3, 0.4) is 0 Å². The van der Waals surface area contributed by atoms with Crippen molar-refractivity contribution in [1.82, 2.24) is 0 Å². The summed E-state index contributed by atoms with van der Waals surface area (Å²) in [5, 5.41) is 0. The highest BCUT2D eigenvalue weighted by atomic mass is 16.6. The molecule has 6 heteroatoms. The fourth-order valence-electron chi connectivity index (χ4n) is 7.07. The number of unbranched alkanes of at least 4 members (excludes halogenated alkanes) is 12. The zero-order chi connectivity index (χ0) is 52.2. The second kappa shape index (κ2) is 58.6. The summed E-state index contributed by atoms with van der Waals surface area (Å²) in [6, 6.07) is 0. The molecule has 0 N–H and O–H groups in total. The van der Waals surface area contributed by atoms with E-state index in [4.69, 9.17) is 14.2 Å². The van der Waals surface area contributed by atoms with Crippen LogP contribution in [0.5, 0.6) is 0 Å². The Bertz CT molecular complexity index is 1660. The van der Waals surface area contributed by atoms with Crippen LogP contribution >= 0.6 is 0 Å². The molecule has 0 amide bonds. The van der Waals surface area contributed by atoms with E-state index in [1.54, 1.807) is 0 Å². The van der Waals surface area contributed by atoms with Gasteiger partial charge in [0.1, 0.15) is 13.2 Å². The SMILES string of the molecule is CC/C=C\C/C=C\C/C=C\C/C=C\C/C=C\C/C=C\C/C=C\C/C=C\C/C=C\C/C=C\CCCCCCC(=O)OCC(COC(=O)CCCCCCCC)OC(=O)CCCCC/C=C\C/C=C\C/C=C\CC. The summed E-state index contributed by atoms with van der Waals surface area (Å²) >= 11 is 0. The smallest absolute Gasteiger partial charge is 0.306 e. The summed E-state index contributed by atoms with van der Waals surface area (Å²) in [4.78, 5) is 37.8. The van der Waals surface area contributed by atoms with Gasteiger partial charge in [0.05, 0.1) is 0 Å². The molecule has 0 spiro atoms. The molecular formula is C66H102O6. The first kappa shape index (κ1) is 67.0. The van der Waals surface area contributed by atoms with E-state index in [-0.39, 0.29) is 37.5 Å². The maximum absolute atomic E-state index is 12.7. The van der Waals surface area contributed by atoms with Gasteiger partial charge in [0.25, 0.3) is 0 Å². The second-order valence-electron chi connectivity index (χ2n) is 18.1. The highest BCUT2D eigenvalue weighted by molar-refractivity contribution is 5.71. The van der Waals surface area contributed by atoms with E-state index in [9.17, 15) is 14.4 Å². The van der Waals surface area contributed by atoms with E-state index in [0.29, 0.717) is 12.8 Å². The molecule has 0 radical (unpaired) electrons. The van der Waals surface area contributed by atoms with Gasteiger partial charge < -0.3 is 14.2 Å². The normalized spacial score (nSPS) is 13.3. The Morgan fingerprint density at radius 2 is 0.542 bits per heavy atom. The zero-order valence-electron chi connectivity index (χ0n) is 45.9. The van der Waals surface area contributed by atoms with Crippen molar-refractivity contribution in [3.63, 3.8) is 0 Å². The number of esters is 3. The highest BCUT2D eigenvalue weighted by Gasteiger charge is 2.19. The van der Waals surface area contributed by atoms with Crippen molar-refractivity contribution >= 4 is 17.9 Å². The third-order valence-electron chi connectivity index (χ3n) is 11.3. The Labute approximate surface area is 441 Å². The van der Waals surface area contributed by atoms with Gasteiger partial charge in [-0.3, -0.25) is 14.4 Å². The lowest BCUT2D eigenvalue weighted by atomic mass is 10.1. The van der Waals surface area contributed by atoms with Crippen molar-refractivity contribution < 1.29 is 28.6 Å².